The highest BCUT2D eigenvalue weighted by atomic mass is 16.5. The first kappa shape index (κ1) is 10.6. The van der Waals surface area contributed by atoms with Crippen LogP contribution in [0.3, 0.4) is 0 Å². The Morgan fingerprint density at radius 1 is 1.44 bits per heavy atom. The zero-order valence-corrected chi connectivity index (χ0v) is 9.01. The maximum Gasteiger partial charge on any atom is 0.253 e. The number of carbonyl (C=O) groups excluding carboxylic acids is 1. The number of nitrogens with two attached hydrogens (primary N) is 1. The molecule has 1 aromatic carbocycles. The molecule has 0 bridgehead atoms. The van der Waals surface area contributed by atoms with Gasteiger partial charge in [-0.1, -0.05) is 0 Å². The number of methoxy groups -OCH3 is 1. The molecular formula is C11H13N3O2. The van der Waals surface area contributed by atoms with Gasteiger partial charge in [-0.15, -0.1) is 0 Å². The summed E-state index contributed by atoms with van der Waals surface area (Å²) in [4.78, 5) is 11.6. The first-order valence-electron chi connectivity index (χ1n) is 4.98. The van der Waals surface area contributed by atoms with E-state index in [1.54, 1.807) is 31.4 Å². The maximum absolute atomic E-state index is 11.6. The van der Waals surface area contributed by atoms with Crippen molar-refractivity contribution in [2.45, 2.75) is 6.42 Å². The van der Waals surface area contributed by atoms with Gasteiger partial charge >= 0.3 is 0 Å². The predicted octanol–water partition coefficient (Wildman–Crippen LogP) is 0.747. The lowest BCUT2D eigenvalue weighted by atomic mass is 10.2. The Morgan fingerprint density at radius 3 is 2.62 bits per heavy atom. The van der Waals surface area contributed by atoms with Crippen LogP contribution < -0.4 is 15.5 Å². The Labute approximate surface area is 93.5 Å². The van der Waals surface area contributed by atoms with Crippen molar-refractivity contribution in [2.75, 3.05) is 18.7 Å². The van der Waals surface area contributed by atoms with Gasteiger partial charge in [0, 0.05) is 6.54 Å². The molecule has 0 aliphatic carbocycles. The summed E-state index contributed by atoms with van der Waals surface area (Å²) in [6.07, 6.45) is 0.308. The van der Waals surface area contributed by atoms with E-state index in [9.17, 15) is 4.79 Å². The van der Waals surface area contributed by atoms with Gasteiger partial charge in [0.25, 0.3) is 5.91 Å². The molecule has 0 atom stereocenters. The third kappa shape index (κ3) is 1.90. The average molecular weight is 219 g/mol. The Bertz CT molecular complexity index is 425. The van der Waals surface area contributed by atoms with Gasteiger partial charge < -0.3 is 10.5 Å². The minimum absolute atomic E-state index is 0.0504. The number of carbonyl (C=O) groups is 1. The SMILES string of the molecule is COc1ccc(N2N=C(CN)CC2=O)cc1. The molecule has 5 nitrogen and oxygen atoms in total. The number of anilines is 1. The fourth-order valence-corrected chi connectivity index (χ4v) is 1.52. The van der Waals surface area contributed by atoms with Gasteiger partial charge in [0.2, 0.25) is 0 Å². The molecule has 0 unspecified atom stereocenters. The Morgan fingerprint density at radius 2 is 2.12 bits per heavy atom. The maximum atomic E-state index is 11.6. The van der Waals surface area contributed by atoms with Gasteiger partial charge in [-0.25, -0.2) is 5.01 Å². The van der Waals surface area contributed by atoms with Crippen molar-refractivity contribution in [3.05, 3.63) is 24.3 Å². The van der Waals surface area contributed by atoms with Gasteiger partial charge in [0.05, 0.1) is 24.9 Å². The standard InChI is InChI=1S/C11H13N3O2/c1-16-10-4-2-9(3-5-10)14-11(15)6-8(7-12)13-14/h2-5H,6-7,12H2,1H3. The number of ether oxygens (including phenoxy) is 1. The molecule has 1 aliphatic heterocycles. The molecule has 2 rings (SSSR count). The summed E-state index contributed by atoms with van der Waals surface area (Å²) >= 11 is 0. The van der Waals surface area contributed by atoms with Gasteiger partial charge in [0.1, 0.15) is 5.75 Å². The molecule has 1 heterocycles. The normalized spacial score (nSPS) is 15.2. The summed E-state index contributed by atoms with van der Waals surface area (Å²) in [5, 5.41) is 5.52. The van der Waals surface area contributed by atoms with E-state index in [4.69, 9.17) is 10.5 Å². The number of hydrogen-bond donors (Lipinski definition) is 1. The van der Waals surface area contributed by atoms with Crippen LogP contribution in [0.15, 0.2) is 29.4 Å². The lowest BCUT2D eigenvalue weighted by molar-refractivity contribution is -0.116. The van der Waals surface area contributed by atoms with Crippen molar-refractivity contribution < 1.29 is 9.53 Å². The summed E-state index contributed by atoms with van der Waals surface area (Å²) in [7, 11) is 1.60. The minimum atomic E-state index is -0.0504. The summed E-state index contributed by atoms with van der Waals surface area (Å²) in [6.45, 7) is 0.318. The van der Waals surface area contributed by atoms with Crippen molar-refractivity contribution in [2.24, 2.45) is 10.8 Å². The number of rotatable bonds is 3. The molecule has 1 amide bonds. The van der Waals surface area contributed by atoms with E-state index in [1.165, 1.54) is 5.01 Å². The summed E-state index contributed by atoms with van der Waals surface area (Å²) in [5.41, 5.74) is 6.89. The number of hydrogen-bond acceptors (Lipinski definition) is 4. The first-order valence-corrected chi connectivity index (χ1v) is 4.98. The number of benzene rings is 1. The summed E-state index contributed by atoms with van der Waals surface area (Å²) < 4.78 is 5.04. The van der Waals surface area contributed by atoms with E-state index in [2.05, 4.69) is 5.10 Å². The lowest BCUT2D eigenvalue weighted by Gasteiger charge is -2.11. The van der Waals surface area contributed by atoms with Gasteiger partial charge in [-0.05, 0) is 24.3 Å². The minimum Gasteiger partial charge on any atom is -0.497 e. The van der Waals surface area contributed by atoms with Crippen LogP contribution in [0.5, 0.6) is 5.75 Å². The number of amides is 1. The fourth-order valence-electron chi connectivity index (χ4n) is 1.52. The van der Waals surface area contributed by atoms with Crippen molar-refractivity contribution in [3.63, 3.8) is 0 Å². The molecule has 0 saturated heterocycles. The van der Waals surface area contributed by atoms with Crippen LogP contribution >= 0.6 is 0 Å². The van der Waals surface area contributed by atoms with Crippen LogP contribution in [-0.2, 0) is 4.79 Å². The molecular weight excluding hydrogens is 206 g/mol. The van der Waals surface area contributed by atoms with E-state index >= 15 is 0 Å². The molecule has 0 spiro atoms. The van der Waals surface area contributed by atoms with Crippen molar-refractivity contribution >= 4 is 17.3 Å². The molecule has 0 fully saturated rings. The fraction of sp³-hybridized carbons (Fsp3) is 0.273. The van der Waals surface area contributed by atoms with Gasteiger partial charge in [0.15, 0.2) is 0 Å². The molecule has 0 aromatic heterocycles. The highest BCUT2D eigenvalue weighted by Gasteiger charge is 2.23. The van der Waals surface area contributed by atoms with Gasteiger partial charge in [-0.2, -0.15) is 5.10 Å². The summed E-state index contributed by atoms with van der Waals surface area (Å²) in [6, 6.07) is 7.16. The molecule has 5 heteroatoms. The summed E-state index contributed by atoms with van der Waals surface area (Å²) in [5.74, 6) is 0.698. The van der Waals surface area contributed by atoms with Gasteiger partial charge in [-0.3, -0.25) is 4.79 Å². The van der Waals surface area contributed by atoms with Crippen LogP contribution in [0.4, 0.5) is 5.69 Å². The Balaban J connectivity index is 2.23. The highest BCUT2D eigenvalue weighted by Crippen LogP contribution is 2.22. The third-order valence-electron chi connectivity index (χ3n) is 2.39. The van der Waals surface area contributed by atoms with Crippen molar-refractivity contribution in [3.8, 4) is 5.75 Å². The van der Waals surface area contributed by atoms with Crippen LogP contribution in [-0.4, -0.2) is 25.3 Å². The molecule has 16 heavy (non-hydrogen) atoms. The topological polar surface area (TPSA) is 67.9 Å². The van der Waals surface area contributed by atoms with Crippen LogP contribution in [0, 0.1) is 0 Å². The number of nitrogens with zero attached hydrogens (tertiary/aromatic N) is 2. The molecule has 1 aliphatic rings. The van der Waals surface area contributed by atoms with Crippen LogP contribution in [0.1, 0.15) is 6.42 Å². The lowest BCUT2D eigenvalue weighted by Crippen LogP contribution is -2.19. The largest absolute Gasteiger partial charge is 0.497 e. The van der Waals surface area contributed by atoms with E-state index in [-0.39, 0.29) is 5.91 Å². The van der Waals surface area contributed by atoms with Crippen molar-refractivity contribution in [1.82, 2.24) is 0 Å². The quantitative estimate of drug-likeness (QED) is 0.815. The number of hydrazone groups is 1. The first-order chi connectivity index (χ1) is 7.74. The second-order valence-electron chi connectivity index (χ2n) is 3.45. The van der Waals surface area contributed by atoms with Crippen LogP contribution in [0.2, 0.25) is 0 Å². The molecule has 1 aromatic rings. The van der Waals surface area contributed by atoms with E-state index in [0.717, 1.165) is 11.4 Å². The molecule has 0 saturated carbocycles. The van der Waals surface area contributed by atoms with E-state index in [1.807, 2.05) is 0 Å². The second kappa shape index (κ2) is 4.32. The van der Waals surface area contributed by atoms with Crippen LogP contribution in [0.25, 0.3) is 0 Å². The average Bonchev–Trinajstić information content (AvgIpc) is 2.71. The monoisotopic (exact) mass is 219 g/mol. The zero-order chi connectivity index (χ0) is 11.5. The Hall–Kier alpha value is -1.88. The van der Waals surface area contributed by atoms with E-state index in [0.29, 0.717) is 18.7 Å². The predicted molar refractivity (Wildman–Crippen MR) is 61.6 cm³/mol. The molecule has 84 valence electrons. The molecule has 2 N–H and O–H groups in total. The second-order valence-corrected chi connectivity index (χ2v) is 3.45. The van der Waals surface area contributed by atoms with E-state index < -0.39 is 0 Å². The van der Waals surface area contributed by atoms with Crippen molar-refractivity contribution in [1.29, 1.82) is 0 Å². The third-order valence-corrected chi connectivity index (χ3v) is 2.39. The Kier molecular flexibility index (Phi) is 2.87. The molecule has 0 radical (unpaired) electrons. The smallest absolute Gasteiger partial charge is 0.253 e. The zero-order valence-electron chi connectivity index (χ0n) is 9.01. The highest BCUT2D eigenvalue weighted by molar-refractivity contribution is 6.13.